The van der Waals surface area contributed by atoms with Crippen LogP contribution < -0.4 is 10.6 Å². The van der Waals surface area contributed by atoms with E-state index in [0.29, 0.717) is 32.2 Å². The third kappa shape index (κ3) is 7.42. The smallest absolute Gasteiger partial charge is 0.409 e. The van der Waals surface area contributed by atoms with E-state index >= 15 is 0 Å². The Morgan fingerprint density at radius 3 is 2.64 bits per heavy atom. The number of benzene rings is 1. The SMILES string of the molecule is CCNC(=NCC(O)c1ccccc1F)NC1CCN(C(=O)OCC)CC1.I. The van der Waals surface area contributed by atoms with Gasteiger partial charge in [-0.1, -0.05) is 18.2 Å². The summed E-state index contributed by atoms with van der Waals surface area (Å²) in [5.41, 5.74) is 0.236. The first-order valence-corrected chi connectivity index (χ1v) is 9.44. The molecule has 1 heterocycles. The second-order valence-electron chi connectivity index (χ2n) is 6.36. The molecule has 0 aliphatic carbocycles. The standard InChI is InChI=1S/C19H29FN4O3.HI/c1-3-21-18(22-13-17(25)15-7-5-6-8-16(15)20)23-14-9-11-24(12-10-14)19(26)27-4-2;/h5-8,14,17,25H,3-4,9-13H2,1-2H3,(H2,21,22,23);1H. The third-order valence-corrected chi connectivity index (χ3v) is 4.39. The van der Waals surface area contributed by atoms with Gasteiger partial charge in [-0.3, -0.25) is 4.99 Å². The van der Waals surface area contributed by atoms with E-state index in [9.17, 15) is 14.3 Å². The predicted octanol–water partition coefficient (Wildman–Crippen LogP) is 2.65. The number of nitrogens with zero attached hydrogens (tertiary/aromatic N) is 2. The fourth-order valence-corrected chi connectivity index (χ4v) is 2.96. The largest absolute Gasteiger partial charge is 0.450 e. The molecule has 1 amide bonds. The van der Waals surface area contributed by atoms with Crippen LogP contribution in [-0.2, 0) is 4.74 Å². The molecule has 0 saturated carbocycles. The molecule has 28 heavy (non-hydrogen) atoms. The molecule has 0 bridgehead atoms. The van der Waals surface area contributed by atoms with Crippen molar-refractivity contribution in [2.45, 2.75) is 38.8 Å². The van der Waals surface area contributed by atoms with Crippen LogP contribution in [-0.4, -0.2) is 60.9 Å². The molecule has 7 nitrogen and oxygen atoms in total. The topological polar surface area (TPSA) is 86.2 Å². The zero-order chi connectivity index (χ0) is 19.6. The Morgan fingerprint density at radius 1 is 1.36 bits per heavy atom. The van der Waals surface area contributed by atoms with E-state index in [4.69, 9.17) is 4.74 Å². The van der Waals surface area contributed by atoms with Gasteiger partial charge in [0, 0.05) is 31.2 Å². The van der Waals surface area contributed by atoms with Gasteiger partial charge in [0.05, 0.1) is 13.2 Å². The number of likely N-dealkylation sites (tertiary alicyclic amines) is 1. The molecule has 0 aromatic heterocycles. The maximum absolute atomic E-state index is 13.8. The minimum atomic E-state index is -1.01. The number of aliphatic imine (C=N–C) groups is 1. The van der Waals surface area contributed by atoms with Gasteiger partial charge in [-0.2, -0.15) is 0 Å². The molecule has 2 rings (SSSR count). The predicted molar refractivity (Wildman–Crippen MR) is 118 cm³/mol. The summed E-state index contributed by atoms with van der Waals surface area (Å²) in [5.74, 6) is 0.131. The highest BCUT2D eigenvalue weighted by atomic mass is 127. The minimum absolute atomic E-state index is 0. The molecule has 1 aromatic carbocycles. The molecule has 1 fully saturated rings. The van der Waals surface area contributed by atoms with Crippen LogP contribution in [0, 0.1) is 5.82 Å². The summed E-state index contributed by atoms with van der Waals surface area (Å²) in [6, 6.07) is 6.32. The molecule has 1 unspecified atom stereocenters. The zero-order valence-electron chi connectivity index (χ0n) is 16.4. The lowest BCUT2D eigenvalue weighted by Crippen LogP contribution is -2.50. The van der Waals surface area contributed by atoms with Crippen LogP contribution in [0.3, 0.4) is 0 Å². The van der Waals surface area contributed by atoms with E-state index in [-0.39, 0.29) is 48.2 Å². The molecule has 1 aromatic rings. The van der Waals surface area contributed by atoms with Crippen molar-refractivity contribution in [3.05, 3.63) is 35.6 Å². The first-order valence-electron chi connectivity index (χ1n) is 9.44. The van der Waals surface area contributed by atoms with Crippen LogP contribution in [0.5, 0.6) is 0 Å². The quantitative estimate of drug-likeness (QED) is 0.313. The number of hydrogen-bond acceptors (Lipinski definition) is 4. The minimum Gasteiger partial charge on any atom is -0.450 e. The van der Waals surface area contributed by atoms with E-state index in [2.05, 4.69) is 15.6 Å². The average molecular weight is 508 g/mol. The summed E-state index contributed by atoms with van der Waals surface area (Å²) in [6.07, 6.45) is 0.273. The van der Waals surface area contributed by atoms with E-state index in [0.717, 1.165) is 12.8 Å². The molecule has 1 aliphatic heterocycles. The number of halogens is 2. The van der Waals surface area contributed by atoms with Gasteiger partial charge in [0.1, 0.15) is 11.9 Å². The number of nitrogens with one attached hydrogen (secondary N) is 2. The van der Waals surface area contributed by atoms with Gasteiger partial charge in [0.2, 0.25) is 0 Å². The second-order valence-corrected chi connectivity index (χ2v) is 6.36. The van der Waals surface area contributed by atoms with Gasteiger partial charge in [-0.25, -0.2) is 9.18 Å². The summed E-state index contributed by atoms with van der Waals surface area (Å²) in [6.45, 7) is 6.08. The number of amides is 1. The van der Waals surface area contributed by atoms with Gasteiger partial charge in [0.25, 0.3) is 0 Å². The lowest BCUT2D eigenvalue weighted by molar-refractivity contribution is 0.0963. The number of carbonyl (C=O) groups excluding carboxylic acids is 1. The number of ether oxygens (including phenoxy) is 1. The fraction of sp³-hybridized carbons (Fsp3) is 0.579. The molecule has 1 saturated heterocycles. The van der Waals surface area contributed by atoms with Crippen molar-refractivity contribution in [3.8, 4) is 0 Å². The summed E-state index contributed by atoms with van der Waals surface area (Å²) in [7, 11) is 0. The van der Waals surface area contributed by atoms with Gasteiger partial charge in [-0.15, -0.1) is 24.0 Å². The Bertz CT molecular complexity index is 639. The fourth-order valence-electron chi connectivity index (χ4n) is 2.96. The Kier molecular flexibility index (Phi) is 11.1. The molecular weight excluding hydrogens is 478 g/mol. The van der Waals surface area contributed by atoms with Gasteiger partial charge in [0.15, 0.2) is 5.96 Å². The number of hydrogen-bond donors (Lipinski definition) is 3. The number of aliphatic hydroxyl groups excluding tert-OH is 1. The molecule has 1 aliphatic rings. The highest BCUT2D eigenvalue weighted by Gasteiger charge is 2.24. The maximum atomic E-state index is 13.8. The first kappa shape index (κ1) is 24.4. The van der Waals surface area contributed by atoms with Crippen LogP contribution in [0.1, 0.15) is 38.4 Å². The van der Waals surface area contributed by atoms with Crippen molar-refractivity contribution in [2.75, 3.05) is 32.8 Å². The molecule has 9 heteroatoms. The number of rotatable bonds is 6. The number of aliphatic hydroxyl groups is 1. The zero-order valence-corrected chi connectivity index (χ0v) is 18.7. The molecule has 0 spiro atoms. The van der Waals surface area contributed by atoms with Crippen molar-refractivity contribution in [3.63, 3.8) is 0 Å². The summed E-state index contributed by atoms with van der Waals surface area (Å²) >= 11 is 0. The Morgan fingerprint density at radius 2 is 2.04 bits per heavy atom. The second kappa shape index (κ2) is 12.8. The molecule has 0 radical (unpaired) electrons. The van der Waals surface area contributed by atoms with Gasteiger partial charge >= 0.3 is 6.09 Å². The van der Waals surface area contributed by atoms with Crippen molar-refractivity contribution >= 4 is 36.0 Å². The Hall–Kier alpha value is -1.62. The third-order valence-electron chi connectivity index (χ3n) is 4.39. The molecule has 158 valence electrons. The van der Waals surface area contributed by atoms with Crippen LogP contribution >= 0.6 is 24.0 Å². The lowest BCUT2D eigenvalue weighted by Gasteiger charge is -2.32. The van der Waals surface area contributed by atoms with Crippen molar-refractivity contribution in [1.29, 1.82) is 0 Å². The normalized spacial score (nSPS) is 16.1. The van der Waals surface area contributed by atoms with Crippen LogP contribution in [0.15, 0.2) is 29.3 Å². The van der Waals surface area contributed by atoms with Crippen molar-refractivity contribution in [1.82, 2.24) is 15.5 Å². The molecule has 1 atom stereocenters. The number of piperidine rings is 1. The Labute approximate surface area is 182 Å². The summed E-state index contributed by atoms with van der Waals surface area (Å²) < 4.78 is 18.8. The Balaban J connectivity index is 0.00000392. The lowest BCUT2D eigenvalue weighted by atomic mass is 10.1. The monoisotopic (exact) mass is 508 g/mol. The molecule has 3 N–H and O–H groups in total. The van der Waals surface area contributed by atoms with Crippen LogP contribution in [0.4, 0.5) is 9.18 Å². The van der Waals surface area contributed by atoms with E-state index < -0.39 is 11.9 Å². The number of carbonyl (C=O) groups is 1. The average Bonchev–Trinajstić information content (AvgIpc) is 2.67. The summed E-state index contributed by atoms with van der Waals surface area (Å²) in [5, 5.41) is 16.7. The highest BCUT2D eigenvalue weighted by molar-refractivity contribution is 14.0. The number of guanidine groups is 1. The van der Waals surface area contributed by atoms with E-state index in [1.54, 1.807) is 30.0 Å². The van der Waals surface area contributed by atoms with Gasteiger partial charge < -0.3 is 25.4 Å². The first-order chi connectivity index (χ1) is 13.0. The maximum Gasteiger partial charge on any atom is 0.409 e. The van der Waals surface area contributed by atoms with E-state index in [1.807, 2.05) is 6.92 Å². The summed E-state index contributed by atoms with van der Waals surface area (Å²) in [4.78, 5) is 17.8. The van der Waals surface area contributed by atoms with Crippen LogP contribution in [0.25, 0.3) is 0 Å². The van der Waals surface area contributed by atoms with Crippen molar-refractivity contribution < 1.29 is 19.0 Å². The molecular formula is C19H30FIN4O3. The van der Waals surface area contributed by atoms with E-state index in [1.165, 1.54) is 6.07 Å². The van der Waals surface area contributed by atoms with Gasteiger partial charge in [-0.05, 0) is 32.8 Å². The van der Waals surface area contributed by atoms with Crippen molar-refractivity contribution in [2.24, 2.45) is 4.99 Å². The van der Waals surface area contributed by atoms with Crippen LogP contribution in [0.2, 0.25) is 0 Å². The highest BCUT2D eigenvalue weighted by Crippen LogP contribution is 2.17.